The fourth-order valence-electron chi connectivity index (χ4n) is 3.65. The largest absolute Gasteiger partial charge is 0.370 e. The number of pyridine rings is 1. The first kappa shape index (κ1) is 16.7. The van der Waals surface area contributed by atoms with E-state index >= 15 is 0 Å². The molecule has 1 saturated carbocycles. The van der Waals surface area contributed by atoms with Crippen molar-refractivity contribution >= 4 is 15.8 Å². The molecule has 128 valence electrons. The monoisotopic (exact) mass is 337 g/mol. The van der Waals surface area contributed by atoms with Crippen LogP contribution in [0.3, 0.4) is 0 Å². The lowest BCUT2D eigenvalue weighted by molar-refractivity contribution is 0.268. The van der Waals surface area contributed by atoms with Crippen molar-refractivity contribution in [3.63, 3.8) is 0 Å². The van der Waals surface area contributed by atoms with Gasteiger partial charge in [0.2, 0.25) is 10.0 Å². The van der Waals surface area contributed by atoms with Gasteiger partial charge in [-0.05, 0) is 43.2 Å². The van der Waals surface area contributed by atoms with Crippen LogP contribution in [-0.4, -0.2) is 37.3 Å². The second-order valence-electron chi connectivity index (χ2n) is 6.89. The van der Waals surface area contributed by atoms with Crippen LogP contribution >= 0.6 is 0 Å². The van der Waals surface area contributed by atoms with Gasteiger partial charge < -0.3 is 5.32 Å². The van der Waals surface area contributed by atoms with Crippen LogP contribution in [0.15, 0.2) is 23.2 Å². The van der Waals surface area contributed by atoms with Crippen molar-refractivity contribution < 1.29 is 8.42 Å². The first-order valence-corrected chi connectivity index (χ1v) is 10.2. The number of hydrogen-bond donors (Lipinski definition) is 1. The number of nitrogens with one attached hydrogen (secondary N) is 1. The fourth-order valence-corrected chi connectivity index (χ4v) is 5.11. The third kappa shape index (κ3) is 3.86. The molecular formula is C17H27N3O2S. The molecule has 1 N–H and O–H groups in total. The van der Waals surface area contributed by atoms with Crippen LogP contribution in [0.4, 0.5) is 5.82 Å². The minimum Gasteiger partial charge on any atom is -0.370 e. The molecule has 1 aliphatic heterocycles. The number of nitrogens with zero attached hydrogens (tertiary/aromatic N) is 2. The van der Waals surface area contributed by atoms with Gasteiger partial charge in [0.15, 0.2) is 0 Å². The zero-order chi connectivity index (χ0) is 16.3. The first-order valence-electron chi connectivity index (χ1n) is 8.77. The fraction of sp³-hybridized carbons (Fsp3) is 0.706. The summed E-state index contributed by atoms with van der Waals surface area (Å²) in [5.74, 6) is 2.22. The summed E-state index contributed by atoms with van der Waals surface area (Å²) >= 11 is 0. The third-order valence-electron chi connectivity index (χ3n) is 5.27. The standard InChI is InChI=1S/C17H27N3O2S/c1-14-6-2-3-7-15(14)12-18-17-9-8-16(13-19-17)23(21,22)20-10-4-5-11-20/h8-9,13-15H,2-7,10-12H2,1H3,(H,18,19). The van der Waals surface area contributed by atoms with Gasteiger partial charge in [0.25, 0.3) is 0 Å². The maximum Gasteiger partial charge on any atom is 0.244 e. The Kier molecular flexibility index (Phi) is 5.21. The van der Waals surface area contributed by atoms with Crippen LogP contribution in [0.5, 0.6) is 0 Å². The minimum absolute atomic E-state index is 0.302. The predicted molar refractivity (Wildman–Crippen MR) is 91.8 cm³/mol. The Morgan fingerprint density at radius 1 is 1.17 bits per heavy atom. The van der Waals surface area contributed by atoms with Crippen LogP contribution in [-0.2, 0) is 10.0 Å². The van der Waals surface area contributed by atoms with Crippen molar-refractivity contribution in [3.8, 4) is 0 Å². The van der Waals surface area contributed by atoms with E-state index in [1.807, 2.05) is 0 Å². The van der Waals surface area contributed by atoms with E-state index in [-0.39, 0.29) is 0 Å². The number of rotatable bonds is 5. The van der Waals surface area contributed by atoms with E-state index in [1.165, 1.54) is 31.9 Å². The molecule has 1 aromatic rings. The van der Waals surface area contributed by atoms with E-state index in [0.717, 1.165) is 31.1 Å². The van der Waals surface area contributed by atoms with Crippen LogP contribution in [0.1, 0.15) is 45.4 Å². The molecule has 6 heteroatoms. The minimum atomic E-state index is -3.36. The van der Waals surface area contributed by atoms with Gasteiger partial charge in [0.1, 0.15) is 10.7 Å². The highest BCUT2D eigenvalue weighted by Crippen LogP contribution is 2.29. The summed E-state index contributed by atoms with van der Waals surface area (Å²) in [6.07, 6.45) is 8.64. The molecule has 2 heterocycles. The van der Waals surface area contributed by atoms with Crippen molar-refractivity contribution in [1.29, 1.82) is 0 Å². The Balaban J connectivity index is 1.60. The van der Waals surface area contributed by atoms with Crippen molar-refractivity contribution in [2.24, 2.45) is 11.8 Å². The number of hydrogen-bond acceptors (Lipinski definition) is 4. The maximum atomic E-state index is 12.5. The van der Waals surface area contributed by atoms with Gasteiger partial charge in [0, 0.05) is 25.8 Å². The molecule has 0 radical (unpaired) electrons. The zero-order valence-electron chi connectivity index (χ0n) is 13.9. The summed E-state index contributed by atoms with van der Waals surface area (Å²) in [6, 6.07) is 3.46. The smallest absolute Gasteiger partial charge is 0.244 e. The Hall–Kier alpha value is -1.14. The number of sulfonamides is 1. The van der Waals surface area contributed by atoms with Crippen LogP contribution < -0.4 is 5.32 Å². The Morgan fingerprint density at radius 2 is 1.91 bits per heavy atom. The summed E-state index contributed by atoms with van der Waals surface area (Å²) < 4.78 is 26.5. The van der Waals surface area contributed by atoms with E-state index in [0.29, 0.717) is 23.9 Å². The topological polar surface area (TPSA) is 62.3 Å². The average Bonchev–Trinajstić information content (AvgIpc) is 3.10. The van der Waals surface area contributed by atoms with Gasteiger partial charge >= 0.3 is 0 Å². The third-order valence-corrected chi connectivity index (χ3v) is 7.16. The molecule has 0 aromatic carbocycles. The van der Waals surface area contributed by atoms with Crippen LogP contribution in [0, 0.1) is 11.8 Å². The normalized spacial score (nSPS) is 26.3. The molecular weight excluding hydrogens is 310 g/mol. The molecule has 5 nitrogen and oxygen atoms in total. The van der Waals surface area contributed by atoms with E-state index in [4.69, 9.17) is 0 Å². The van der Waals surface area contributed by atoms with Crippen molar-refractivity contribution in [2.45, 2.75) is 50.3 Å². The van der Waals surface area contributed by atoms with Crippen molar-refractivity contribution in [3.05, 3.63) is 18.3 Å². The van der Waals surface area contributed by atoms with Gasteiger partial charge in [-0.1, -0.05) is 26.2 Å². The maximum absolute atomic E-state index is 12.5. The Morgan fingerprint density at radius 3 is 2.57 bits per heavy atom. The predicted octanol–water partition coefficient (Wildman–Crippen LogP) is 3.10. The van der Waals surface area contributed by atoms with Gasteiger partial charge in [-0.25, -0.2) is 13.4 Å². The summed E-state index contributed by atoms with van der Waals surface area (Å²) in [7, 11) is -3.36. The molecule has 3 rings (SSSR count). The lowest BCUT2D eigenvalue weighted by atomic mass is 9.80. The van der Waals surface area contributed by atoms with E-state index in [2.05, 4.69) is 17.2 Å². The molecule has 2 unspecified atom stereocenters. The second-order valence-corrected chi connectivity index (χ2v) is 8.83. The number of anilines is 1. The molecule has 1 saturated heterocycles. The molecule has 2 atom stereocenters. The van der Waals surface area contributed by atoms with E-state index in [9.17, 15) is 8.42 Å². The molecule has 2 aliphatic rings. The summed E-state index contributed by atoms with van der Waals surface area (Å²) in [5.41, 5.74) is 0. The van der Waals surface area contributed by atoms with Gasteiger partial charge in [-0.2, -0.15) is 4.31 Å². The zero-order valence-corrected chi connectivity index (χ0v) is 14.7. The highest BCUT2D eigenvalue weighted by molar-refractivity contribution is 7.89. The molecule has 2 fully saturated rings. The molecule has 0 bridgehead atoms. The highest BCUT2D eigenvalue weighted by atomic mass is 32.2. The quantitative estimate of drug-likeness (QED) is 0.897. The highest BCUT2D eigenvalue weighted by Gasteiger charge is 2.27. The lowest BCUT2D eigenvalue weighted by Crippen LogP contribution is -2.28. The SMILES string of the molecule is CC1CCCCC1CNc1ccc(S(=O)(=O)N2CCCC2)cn1. The summed E-state index contributed by atoms with van der Waals surface area (Å²) in [4.78, 5) is 4.61. The number of aromatic nitrogens is 1. The molecule has 0 spiro atoms. The van der Waals surface area contributed by atoms with Gasteiger partial charge in [-0.3, -0.25) is 0 Å². The van der Waals surface area contributed by atoms with Gasteiger partial charge in [0.05, 0.1) is 0 Å². The van der Waals surface area contributed by atoms with E-state index in [1.54, 1.807) is 16.4 Å². The summed E-state index contributed by atoms with van der Waals surface area (Å²) in [6.45, 7) is 4.50. The molecule has 23 heavy (non-hydrogen) atoms. The second kappa shape index (κ2) is 7.18. The Bertz CT molecular complexity index is 609. The molecule has 0 amide bonds. The first-order chi connectivity index (χ1) is 11.1. The lowest BCUT2D eigenvalue weighted by Gasteiger charge is -2.28. The van der Waals surface area contributed by atoms with Crippen molar-refractivity contribution in [1.82, 2.24) is 9.29 Å². The average molecular weight is 337 g/mol. The van der Waals surface area contributed by atoms with Crippen LogP contribution in [0.25, 0.3) is 0 Å². The van der Waals surface area contributed by atoms with Gasteiger partial charge in [-0.15, -0.1) is 0 Å². The van der Waals surface area contributed by atoms with Crippen LogP contribution in [0.2, 0.25) is 0 Å². The van der Waals surface area contributed by atoms with E-state index < -0.39 is 10.0 Å². The molecule has 1 aromatic heterocycles. The Labute approximate surface area is 139 Å². The van der Waals surface area contributed by atoms with Crippen molar-refractivity contribution in [2.75, 3.05) is 25.0 Å². The molecule has 1 aliphatic carbocycles. The summed E-state index contributed by atoms with van der Waals surface area (Å²) in [5, 5.41) is 3.37.